The molecule has 0 bridgehead atoms. The van der Waals surface area contributed by atoms with E-state index < -0.39 is 0 Å². The molecule has 1 heterocycles. The van der Waals surface area contributed by atoms with Gasteiger partial charge in [0.25, 0.3) is 0 Å². The van der Waals surface area contributed by atoms with E-state index in [9.17, 15) is 0 Å². The zero-order valence-corrected chi connectivity index (χ0v) is 11.3. The van der Waals surface area contributed by atoms with Crippen molar-refractivity contribution in [2.24, 2.45) is 0 Å². The molecule has 7 nitrogen and oxygen atoms in total. The number of tetrazole rings is 1. The number of rotatable bonds is 6. The third-order valence-electron chi connectivity index (χ3n) is 2.65. The Bertz CT molecular complexity index is 518. The van der Waals surface area contributed by atoms with Crippen LogP contribution in [-0.4, -0.2) is 41.0 Å². The molecule has 2 rings (SSSR count). The van der Waals surface area contributed by atoms with Crippen LogP contribution in [0.25, 0.3) is 5.69 Å². The first kappa shape index (κ1) is 13.3. The van der Waals surface area contributed by atoms with Gasteiger partial charge in [-0.15, -0.1) is 5.10 Å². The molecular formula is C12H17N5O2. The fourth-order valence-electron chi connectivity index (χ4n) is 1.67. The van der Waals surface area contributed by atoms with Gasteiger partial charge in [-0.05, 0) is 17.0 Å². The number of benzene rings is 1. The Morgan fingerprint density at radius 1 is 1.16 bits per heavy atom. The molecule has 0 aliphatic rings. The Labute approximate surface area is 111 Å². The minimum Gasteiger partial charge on any atom is -0.497 e. The topological polar surface area (TPSA) is 74.1 Å². The lowest BCUT2D eigenvalue weighted by atomic mass is 10.2. The van der Waals surface area contributed by atoms with Gasteiger partial charge in [0, 0.05) is 18.2 Å². The Morgan fingerprint density at radius 2 is 1.84 bits per heavy atom. The number of nitrogens with one attached hydrogen (secondary N) is 1. The number of ether oxygens (including phenoxy) is 2. The fraction of sp³-hybridized carbons (Fsp3) is 0.417. The smallest absolute Gasteiger partial charge is 0.170 e. The van der Waals surface area contributed by atoms with Crippen LogP contribution in [0.3, 0.4) is 0 Å². The SMILES string of the molecule is CCNCc1nnnn1-c1cc(OC)cc(OC)c1. The van der Waals surface area contributed by atoms with E-state index >= 15 is 0 Å². The Hall–Kier alpha value is -2.15. The molecule has 1 N–H and O–H groups in total. The maximum Gasteiger partial charge on any atom is 0.170 e. The Morgan fingerprint density at radius 3 is 2.42 bits per heavy atom. The van der Waals surface area contributed by atoms with Gasteiger partial charge in [0.05, 0.1) is 26.5 Å². The van der Waals surface area contributed by atoms with E-state index in [1.807, 2.05) is 19.1 Å². The van der Waals surface area contributed by atoms with Gasteiger partial charge in [-0.25, -0.2) is 0 Å². The van der Waals surface area contributed by atoms with Crippen molar-refractivity contribution in [2.45, 2.75) is 13.5 Å². The molecule has 0 saturated carbocycles. The number of hydrogen-bond donors (Lipinski definition) is 1. The second-order valence-corrected chi connectivity index (χ2v) is 3.86. The first-order valence-electron chi connectivity index (χ1n) is 6.00. The van der Waals surface area contributed by atoms with Gasteiger partial charge >= 0.3 is 0 Å². The van der Waals surface area contributed by atoms with Crippen molar-refractivity contribution in [1.82, 2.24) is 25.5 Å². The average Bonchev–Trinajstić information content (AvgIpc) is 2.92. The maximum atomic E-state index is 5.24. The molecule has 0 saturated heterocycles. The lowest BCUT2D eigenvalue weighted by Gasteiger charge is -2.09. The first-order chi connectivity index (χ1) is 9.28. The van der Waals surface area contributed by atoms with Gasteiger partial charge < -0.3 is 14.8 Å². The molecule has 7 heteroatoms. The monoisotopic (exact) mass is 263 g/mol. The summed E-state index contributed by atoms with van der Waals surface area (Å²) < 4.78 is 12.1. The third-order valence-corrected chi connectivity index (χ3v) is 2.65. The normalized spacial score (nSPS) is 10.5. The summed E-state index contributed by atoms with van der Waals surface area (Å²) in [5.74, 6) is 2.12. The summed E-state index contributed by atoms with van der Waals surface area (Å²) in [6.45, 7) is 3.49. The van der Waals surface area contributed by atoms with Gasteiger partial charge in [-0.3, -0.25) is 0 Å². The van der Waals surface area contributed by atoms with Crippen LogP contribution in [0.4, 0.5) is 0 Å². The summed E-state index contributed by atoms with van der Waals surface area (Å²) in [4.78, 5) is 0. The molecule has 2 aromatic rings. The average molecular weight is 263 g/mol. The van der Waals surface area contributed by atoms with Crippen LogP contribution in [0, 0.1) is 0 Å². The van der Waals surface area contributed by atoms with Gasteiger partial charge in [0.2, 0.25) is 0 Å². The molecule has 1 aromatic heterocycles. The maximum absolute atomic E-state index is 5.24. The third kappa shape index (κ3) is 3.00. The van der Waals surface area contributed by atoms with Crippen molar-refractivity contribution in [2.75, 3.05) is 20.8 Å². The molecule has 0 fully saturated rings. The van der Waals surface area contributed by atoms with E-state index in [4.69, 9.17) is 9.47 Å². The quantitative estimate of drug-likeness (QED) is 0.830. The summed E-state index contributed by atoms with van der Waals surface area (Å²) >= 11 is 0. The summed E-state index contributed by atoms with van der Waals surface area (Å²) in [7, 11) is 3.22. The lowest BCUT2D eigenvalue weighted by molar-refractivity contribution is 0.393. The van der Waals surface area contributed by atoms with Crippen molar-refractivity contribution in [1.29, 1.82) is 0 Å². The zero-order valence-electron chi connectivity index (χ0n) is 11.3. The second-order valence-electron chi connectivity index (χ2n) is 3.86. The van der Waals surface area contributed by atoms with Crippen molar-refractivity contribution in [3.05, 3.63) is 24.0 Å². The minimum atomic E-state index is 0.600. The molecule has 0 spiro atoms. The van der Waals surface area contributed by atoms with Gasteiger partial charge in [-0.2, -0.15) is 4.68 Å². The summed E-state index contributed by atoms with van der Waals surface area (Å²) in [5, 5.41) is 14.9. The van der Waals surface area contributed by atoms with Crippen LogP contribution in [0.1, 0.15) is 12.7 Å². The number of methoxy groups -OCH3 is 2. The van der Waals surface area contributed by atoms with Crippen LogP contribution < -0.4 is 14.8 Å². The summed E-state index contributed by atoms with van der Waals surface area (Å²) in [6, 6.07) is 5.51. The Kier molecular flexibility index (Phi) is 4.30. The fourth-order valence-corrected chi connectivity index (χ4v) is 1.67. The molecule has 0 aliphatic heterocycles. The molecule has 102 valence electrons. The van der Waals surface area contributed by atoms with Gasteiger partial charge in [-0.1, -0.05) is 6.92 Å². The van der Waals surface area contributed by atoms with Crippen LogP contribution >= 0.6 is 0 Å². The minimum absolute atomic E-state index is 0.600. The number of hydrogen-bond acceptors (Lipinski definition) is 6. The molecule has 1 aromatic carbocycles. The molecule has 0 amide bonds. The molecule has 19 heavy (non-hydrogen) atoms. The van der Waals surface area contributed by atoms with Crippen LogP contribution in [0.2, 0.25) is 0 Å². The molecule has 0 aliphatic carbocycles. The number of nitrogens with zero attached hydrogens (tertiary/aromatic N) is 4. The van der Waals surface area contributed by atoms with Crippen LogP contribution in [-0.2, 0) is 6.54 Å². The van der Waals surface area contributed by atoms with Gasteiger partial charge in [0.1, 0.15) is 11.5 Å². The highest BCUT2D eigenvalue weighted by molar-refractivity contribution is 5.46. The van der Waals surface area contributed by atoms with E-state index in [0.29, 0.717) is 18.0 Å². The zero-order chi connectivity index (χ0) is 13.7. The van der Waals surface area contributed by atoms with E-state index in [1.165, 1.54) is 0 Å². The van der Waals surface area contributed by atoms with Crippen molar-refractivity contribution in [3.8, 4) is 17.2 Å². The first-order valence-corrected chi connectivity index (χ1v) is 6.00. The molecule has 0 atom stereocenters. The highest BCUT2D eigenvalue weighted by Crippen LogP contribution is 2.24. The summed E-state index contributed by atoms with van der Waals surface area (Å²) in [5.41, 5.74) is 0.800. The van der Waals surface area contributed by atoms with Crippen molar-refractivity contribution < 1.29 is 9.47 Å². The van der Waals surface area contributed by atoms with E-state index in [2.05, 4.69) is 20.8 Å². The predicted octanol–water partition coefficient (Wildman–Crippen LogP) is 0.789. The molecule has 0 radical (unpaired) electrons. The molecule has 0 unspecified atom stereocenters. The van der Waals surface area contributed by atoms with Crippen molar-refractivity contribution >= 4 is 0 Å². The highest BCUT2D eigenvalue weighted by atomic mass is 16.5. The highest BCUT2D eigenvalue weighted by Gasteiger charge is 2.10. The summed E-state index contributed by atoms with van der Waals surface area (Å²) in [6.07, 6.45) is 0. The largest absolute Gasteiger partial charge is 0.497 e. The van der Waals surface area contributed by atoms with Crippen LogP contribution in [0.5, 0.6) is 11.5 Å². The van der Waals surface area contributed by atoms with E-state index in [1.54, 1.807) is 25.0 Å². The predicted molar refractivity (Wildman–Crippen MR) is 69.6 cm³/mol. The second kappa shape index (κ2) is 6.14. The van der Waals surface area contributed by atoms with Gasteiger partial charge in [0.15, 0.2) is 5.82 Å². The van der Waals surface area contributed by atoms with E-state index in [0.717, 1.165) is 18.1 Å². The van der Waals surface area contributed by atoms with Crippen molar-refractivity contribution in [3.63, 3.8) is 0 Å². The standard InChI is InChI=1S/C12H17N5O2/c1-4-13-8-12-14-15-16-17(12)9-5-10(18-2)7-11(6-9)19-3/h5-7,13H,4,8H2,1-3H3. The van der Waals surface area contributed by atoms with Crippen LogP contribution in [0.15, 0.2) is 18.2 Å². The number of aromatic nitrogens is 4. The lowest BCUT2D eigenvalue weighted by Crippen LogP contribution is -2.16. The Balaban J connectivity index is 2.37. The molecular weight excluding hydrogens is 246 g/mol. The van der Waals surface area contributed by atoms with E-state index in [-0.39, 0.29) is 0 Å².